The zero-order valence-electron chi connectivity index (χ0n) is 10.8. The first-order valence-electron chi connectivity index (χ1n) is 6.18. The Balaban J connectivity index is 1.97. The molecule has 0 radical (unpaired) electrons. The Morgan fingerprint density at radius 1 is 1.19 bits per heavy atom. The van der Waals surface area contributed by atoms with Crippen molar-refractivity contribution in [3.05, 3.63) is 65.1 Å². The number of carbonyl (C=O) groups is 1. The molecule has 1 fully saturated rings. The predicted molar refractivity (Wildman–Crippen MR) is 86.9 cm³/mol. The normalized spacial score (nSPS) is 16.4. The number of hydrogen-bond acceptors (Lipinski definition) is 3. The summed E-state index contributed by atoms with van der Waals surface area (Å²) < 4.78 is 0. The topological polar surface area (TPSA) is 45.2 Å². The van der Waals surface area contributed by atoms with Crippen LogP contribution < -0.4 is 10.2 Å². The highest BCUT2D eigenvalue weighted by Crippen LogP contribution is 2.29. The van der Waals surface area contributed by atoms with Crippen LogP contribution in [0.1, 0.15) is 5.56 Å². The second kappa shape index (κ2) is 5.63. The number of benzene rings is 1. The van der Waals surface area contributed by atoms with Gasteiger partial charge in [0.1, 0.15) is 5.70 Å². The number of rotatable bonds is 2. The Bertz CT molecular complexity index is 746. The molecule has 3 rings (SSSR count). The van der Waals surface area contributed by atoms with E-state index < -0.39 is 0 Å². The SMILES string of the molecule is O=C1/C(=C\c2ccncc2)NC(=S)N1c1ccccc1Cl. The number of para-hydroxylation sites is 1. The van der Waals surface area contributed by atoms with Gasteiger partial charge in [-0.15, -0.1) is 0 Å². The third-order valence-electron chi connectivity index (χ3n) is 2.99. The third kappa shape index (κ3) is 2.66. The number of nitrogens with one attached hydrogen (secondary N) is 1. The third-order valence-corrected chi connectivity index (χ3v) is 3.59. The van der Waals surface area contributed by atoms with E-state index in [0.29, 0.717) is 21.5 Å². The molecule has 0 saturated carbocycles. The predicted octanol–water partition coefficient (Wildman–Crippen LogP) is 3.00. The summed E-state index contributed by atoms with van der Waals surface area (Å²) >= 11 is 11.4. The Labute approximate surface area is 132 Å². The van der Waals surface area contributed by atoms with Crippen LogP contribution in [0.2, 0.25) is 5.02 Å². The Hall–Kier alpha value is -2.24. The van der Waals surface area contributed by atoms with Gasteiger partial charge in [-0.05, 0) is 48.1 Å². The maximum atomic E-state index is 12.5. The summed E-state index contributed by atoms with van der Waals surface area (Å²) in [5.74, 6) is -0.232. The molecule has 0 bridgehead atoms. The highest BCUT2D eigenvalue weighted by molar-refractivity contribution is 7.80. The van der Waals surface area contributed by atoms with Crippen molar-refractivity contribution in [2.45, 2.75) is 0 Å². The molecular formula is C15H10ClN3OS. The largest absolute Gasteiger partial charge is 0.327 e. The van der Waals surface area contributed by atoms with Gasteiger partial charge in [-0.3, -0.25) is 14.7 Å². The molecule has 1 aromatic heterocycles. The Morgan fingerprint density at radius 3 is 2.62 bits per heavy atom. The van der Waals surface area contributed by atoms with Crippen molar-refractivity contribution >= 4 is 46.6 Å². The average Bonchev–Trinajstić information content (AvgIpc) is 2.76. The molecule has 1 aliphatic heterocycles. The summed E-state index contributed by atoms with van der Waals surface area (Å²) in [4.78, 5) is 17.8. The molecule has 6 heteroatoms. The maximum absolute atomic E-state index is 12.5. The van der Waals surface area contributed by atoms with Crippen LogP contribution in [0, 0.1) is 0 Å². The van der Waals surface area contributed by atoms with Gasteiger partial charge in [0.2, 0.25) is 0 Å². The zero-order valence-corrected chi connectivity index (χ0v) is 12.4. The van der Waals surface area contributed by atoms with Crippen LogP contribution in [0.3, 0.4) is 0 Å². The number of amides is 1. The number of nitrogens with zero attached hydrogens (tertiary/aromatic N) is 2. The van der Waals surface area contributed by atoms with Crippen LogP contribution in [0.5, 0.6) is 0 Å². The second-order valence-electron chi connectivity index (χ2n) is 4.36. The van der Waals surface area contributed by atoms with Gasteiger partial charge in [-0.2, -0.15) is 0 Å². The van der Waals surface area contributed by atoms with Crippen molar-refractivity contribution < 1.29 is 4.79 Å². The molecule has 0 unspecified atom stereocenters. The molecule has 1 N–H and O–H groups in total. The van der Waals surface area contributed by atoms with Gasteiger partial charge in [0.15, 0.2) is 5.11 Å². The number of halogens is 1. The van der Waals surface area contributed by atoms with Crippen LogP contribution in [0.4, 0.5) is 5.69 Å². The molecule has 4 nitrogen and oxygen atoms in total. The van der Waals surface area contributed by atoms with Gasteiger partial charge >= 0.3 is 0 Å². The van der Waals surface area contributed by atoms with Gasteiger partial charge in [0.05, 0.1) is 10.7 Å². The Morgan fingerprint density at radius 2 is 1.90 bits per heavy atom. The second-order valence-corrected chi connectivity index (χ2v) is 5.15. The molecule has 1 saturated heterocycles. The zero-order chi connectivity index (χ0) is 14.8. The minimum atomic E-state index is -0.232. The quantitative estimate of drug-likeness (QED) is 0.683. The van der Waals surface area contributed by atoms with Crippen molar-refractivity contribution in [3.63, 3.8) is 0 Å². The molecule has 0 spiro atoms. The lowest BCUT2D eigenvalue weighted by Gasteiger charge is -2.15. The highest BCUT2D eigenvalue weighted by atomic mass is 35.5. The van der Waals surface area contributed by atoms with E-state index in [0.717, 1.165) is 5.56 Å². The molecule has 2 aromatic rings. The molecule has 0 atom stereocenters. The molecule has 21 heavy (non-hydrogen) atoms. The van der Waals surface area contributed by atoms with Gasteiger partial charge in [-0.1, -0.05) is 23.7 Å². The molecule has 104 valence electrons. The van der Waals surface area contributed by atoms with Crippen molar-refractivity contribution in [1.82, 2.24) is 10.3 Å². The fourth-order valence-corrected chi connectivity index (χ4v) is 2.52. The molecular weight excluding hydrogens is 306 g/mol. The van der Waals surface area contributed by atoms with E-state index in [1.165, 1.54) is 4.90 Å². The van der Waals surface area contributed by atoms with E-state index in [4.69, 9.17) is 23.8 Å². The van der Waals surface area contributed by atoms with Crippen LogP contribution >= 0.6 is 23.8 Å². The number of hydrogen-bond donors (Lipinski definition) is 1. The van der Waals surface area contributed by atoms with Crippen molar-refractivity contribution in [1.29, 1.82) is 0 Å². The standard InChI is InChI=1S/C15H10ClN3OS/c16-11-3-1-2-4-13(11)19-14(20)12(18-15(19)21)9-10-5-7-17-8-6-10/h1-9H,(H,18,21)/b12-9+. The first-order chi connectivity index (χ1) is 10.2. The summed E-state index contributed by atoms with van der Waals surface area (Å²) in [6.45, 7) is 0. The van der Waals surface area contributed by atoms with Crippen molar-refractivity contribution in [3.8, 4) is 0 Å². The van der Waals surface area contributed by atoms with E-state index in [1.807, 2.05) is 18.2 Å². The van der Waals surface area contributed by atoms with Crippen LogP contribution in [-0.4, -0.2) is 16.0 Å². The van der Waals surface area contributed by atoms with Crippen molar-refractivity contribution in [2.24, 2.45) is 0 Å². The van der Waals surface area contributed by atoms with Crippen LogP contribution in [-0.2, 0) is 4.79 Å². The number of anilines is 1. The first kappa shape index (κ1) is 13.7. The molecule has 1 aliphatic rings. The number of pyridine rings is 1. The summed E-state index contributed by atoms with van der Waals surface area (Å²) in [5, 5.41) is 3.70. The lowest BCUT2D eigenvalue weighted by atomic mass is 10.2. The van der Waals surface area contributed by atoms with Crippen LogP contribution in [0.25, 0.3) is 6.08 Å². The number of aromatic nitrogens is 1. The lowest BCUT2D eigenvalue weighted by Crippen LogP contribution is -2.30. The van der Waals surface area contributed by atoms with E-state index in [1.54, 1.807) is 36.7 Å². The molecule has 1 aromatic carbocycles. The maximum Gasteiger partial charge on any atom is 0.281 e. The van der Waals surface area contributed by atoms with Gasteiger partial charge in [-0.25, -0.2) is 0 Å². The summed E-state index contributed by atoms with van der Waals surface area (Å²) in [6.07, 6.45) is 5.05. The van der Waals surface area contributed by atoms with Crippen LogP contribution in [0.15, 0.2) is 54.5 Å². The van der Waals surface area contributed by atoms with Gasteiger partial charge in [0, 0.05) is 12.4 Å². The minimum Gasteiger partial charge on any atom is -0.327 e. The highest BCUT2D eigenvalue weighted by Gasteiger charge is 2.32. The number of thiocarbonyl (C=S) groups is 1. The molecule has 2 heterocycles. The van der Waals surface area contributed by atoms with E-state index in [9.17, 15) is 4.79 Å². The van der Waals surface area contributed by atoms with Gasteiger partial charge in [0.25, 0.3) is 5.91 Å². The summed E-state index contributed by atoms with van der Waals surface area (Å²) in [6, 6.07) is 10.7. The lowest BCUT2D eigenvalue weighted by molar-refractivity contribution is -0.113. The fraction of sp³-hybridized carbons (Fsp3) is 0. The molecule has 0 aliphatic carbocycles. The first-order valence-corrected chi connectivity index (χ1v) is 6.97. The van der Waals surface area contributed by atoms with E-state index >= 15 is 0 Å². The fourth-order valence-electron chi connectivity index (χ4n) is 2.01. The Kier molecular flexibility index (Phi) is 3.68. The minimum absolute atomic E-state index is 0.232. The smallest absolute Gasteiger partial charge is 0.281 e. The summed E-state index contributed by atoms with van der Waals surface area (Å²) in [7, 11) is 0. The number of carbonyl (C=O) groups excluding carboxylic acids is 1. The van der Waals surface area contributed by atoms with Crippen molar-refractivity contribution in [2.75, 3.05) is 4.90 Å². The van der Waals surface area contributed by atoms with Gasteiger partial charge < -0.3 is 5.32 Å². The average molecular weight is 316 g/mol. The van der Waals surface area contributed by atoms with E-state index in [-0.39, 0.29) is 5.91 Å². The van der Waals surface area contributed by atoms with E-state index in [2.05, 4.69) is 10.3 Å². The monoisotopic (exact) mass is 315 g/mol. The summed E-state index contributed by atoms with van der Waals surface area (Å²) in [5.41, 5.74) is 1.84. The molecule has 1 amide bonds.